The normalized spacial score (nSPS) is 15.9. The third-order valence-electron chi connectivity index (χ3n) is 4.83. The van der Waals surface area contributed by atoms with Crippen LogP contribution in [0.5, 0.6) is 11.5 Å². The van der Waals surface area contributed by atoms with Gasteiger partial charge in [-0.15, -0.1) is 0 Å². The maximum Gasteiger partial charge on any atom is 0.417 e. The predicted molar refractivity (Wildman–Crippen MR) is 114 cm³/mol. The van der Waals surface area contributed by atoms with Crippen molar-refractivity contribution in [1.82, 2.24) is 4.90 Å². The zero-order chi connectivity index (χ0) is 23.1. The maximum atomic E-state index is 13.1. The number of ether oxygens (including phenoxy) is 2. The van der Waals surface area contributed by atoms with E-state index in [1.807, 2.05) is 18.2 Å². The molecular formula is C22H25N3O7. The Morgan fingerprint density at radius 3 is 2.59 bits per heavy atom. The lowest BCUT2D eigenvalue weighted by atomic mass is 10.0. The summed E-state index contributed by atoms with van der Waals surface area (Å²) in [7, 11) is 1.45. The second kappa shape index (κ2) is 10.5. The number of methoxy groups -OCH3 is 1. The Labute approximate surface area is 184 Å². The van der Waals surface area contributed by atoms with Gasteiger partial charge in [0.1, 0.15) is 6.61 Å². The number of phenolic OH excluding ortho intramolecular Hbond substituents is 2. The number of amides is 2. The van der Waals surface area contributed by atoms with Crippen LogP contribution >= 0.6 is 0 Å². The summed E-state index contributed by atoms with van der Waals surface area (Å²) >= 11 is 0. The van der Waals surface area contributed by atoms with Gasteiger partial charge in [0.05, 0.1) is 26.1 Å². The number of hydrogen-bond acceptors (Lipinski definition) is 9. The Kier molecular flexibility index (Phi) is 7.50. The van der Waals surface area contributed by atoms with E-state index >= 15 is 0 Å². The van der Waals surface area contributed by atoms with E-state index in [1.54, 1.807) is 12.1 Å². The number of phenols is 2. The van der Waals surface area contributed by atoms with Crippen molar-refractivity contribution in [2.75, 3.05) is 13.7 Å². The Morgan fingerprint density at radius 2 is 1.94 bits per heavy atom. The number of nitrogens with two attached hydrogens (primary N) is 1. The Balaban J connectivity index is 1.69. The highest BCUT2D eigenvalue weighted by molar-refractivity contribution is 5.95. The molecule has 2 atom stereocenters. The molecule has 10 heteroatoms. The van der Waals surface area contributed by atoms with Crippen molar-refractivity contribution < 1.29 is 34.1 Å². The first kappa shape index (κ1) is 22.9. The standard InChI is InChI=1S/C22H25N3O7/c1-30-20-11-16(32-24-20)12-25(22(29)31-13-14-5-3-2-4-6-14)21(28)17(23)9-15-7-8-18(26)19(27)10-15/h2-8,10,16-17,26-27H,9,11-13,23H2,1H3/t16?,17-/m0/s1. The van der Waals surface area contributed by atoms with Crippen LogP contribution in [0.15, 0.2) is 53.7 Å². The van der Waals surface area contributed by atoms with Crippen molar-refractivity contribution >= 4 is 17.9 Å². The van der Waals surface area contributed by atoms with Crippen LogP contribution in [0.2, 0.25) is 0 Å². The molecule has 2 aromatic rings. The van der Waals surface area contributed by atoms with Crippen molar-refractivity contribution in [3.8, 4) is 11.5 Å². The van der Waals surface area contributed by atoms with Gasteiger partial charge in [0, 0.05) is 0 Å². The number of aromatic hydroxyl groups is 2. The Morgan fingerprint density at radius 1 is 1.19 bits per heavy atom. The first-order valence-electron chi connectivity index (χ1n) is 9.92. The predicted octanol–water partition coefficient (Wildman–Crippen LogP) is 1.88. The summed E-state index contributed by atoms with van der Waals surface area (Å²) in [5.74, 6) is -0.939. The Bertz CT molecular complexity index is 981. The van der Waals surface area contributed by atoms with Gasteiger partial charge in [-0.05, 0) is 29.7 Å². The summed E-state index contributed by atoms with van der Waals surface area (Å²) in [6, 6.07) is 12.1. The number of benzene rings is 2. The minimum atomic E-state index is -1.10. The third kappa shape index (κ3) is 5.88. The molecule has 1 heterocycles. The molecule has 2 amide bonds. The van der Waals surface area contributed by atoms with E-state index in [9.17, 15) is 19.8 Å². The molecule has 0 saturated heterocycles. The lowest BCUT2D eigenvalue weighted by molar-refractivity contribution is -0.132. The van der Waals surface area contributed by atoms with Crippen LogP contribution in [0.1, 0.15) is 17.5 Å². The fourth-order valence-corrected chi connectivity index (χ4v) is 3.11. The number of oxime groups is 1. The van der Waals surface area contributed by atoms with Crippen LogP contribution < -0.4 is 5.73 Å². The number of hydrogen-bond donors (Lipinski definition) is 3. The zero-order valence-corrected chi connectivity index (χ0v) is 17.5. The van der Waals surface area contributed by atoms with Gasteiger partial charge in [-0.1, -0.05) is 41.6 Å². The van der Waals surface area contributed by atoms with E-state index in [2.05, 4.69) is 5.16 Å². The topological polar surface area (TPSA) is 144 Å². The molecule has 0 fully saturated rings. The fourth-order valence-electron chi connectivity index (χ4n) is 3.11. The molecule has 1 aliphatic heterocycles. The summed E-state index contributed by atoms with van der Waals surface area (Å²) in [6.07, 6.45) is -1.14. The molecule has 0 aliphatic carbocycles. The Hall–Kier alpha value is -3.79. The number of rotatable bonds is 7. The van der Waals surface area contributed by atoms with Gasteiger partial charge in [-0.2, -0.15) is 0 Å². The molecule has 0 bridgehead atoms. The first-order valence-corrected chi connectivity index (χ1v) is 9.92. The van der Waals surface area contributed by atoms with E-state index in [0.29, 0.717) is 11.5 Å². The summed E-state index contributed by atoms with van der Waals surface area (Å²) in [4.78, 5) is 32.0. The molecule has 0 saturated carbocycles. The van der Waals surface area contributed by atoms with Crippen LogP contribution in [-0.2, 0) is 32.1 Å². The average molecular weight is 443 g/mol. The summed E-state index contributed by atoms with van der Waals surface area (Å²) < 4.78 is 10.4. The van der Waals surface area contributed by atoms with E-state index in [-0.39, 0.29) is 37.5 Å². The van der Waals surface area contributed by atoms with Gasteiger partial charge < -0.3 is 30.3 Å². The smallest absolute Gasteiger partial charge is 0.417 e. The average Bonchev–Trinajstić information content (AvgIpc) is 3.26. The SMILES string of the molecule is COC1=NOC(CN(C(=O)OCc2ccccc2)C(=O)[C@@H](N)Cc2ccc(O)c(O)c2)C1. The number of imide groups is 1. The molecular weight excluding hydrogens is 418 g/mol. The fraction of sp³-hybridized carbons (Fsp3) is 0.318. The van der Waals surface area contributed by atoms with Gasteiger partial charge >= 0.3 is 6.09 Å². The zero-order valence-electron chi connectivity index (χ0n) is 17.5. The van der Waals surface area contributed by atoms with Crippen molar-refractivity contribution in [3.05, 3.63) is 59.7 Å². The highest BCUT2D eigenvalue weighted by Gasteiger charge is 2.33. The van der Waals surface area contributed by atoms with E-state index in [1.165, 1.54) is 25.3 Å². The monoisotopic (exact) mass is 443 g/mol. The maximum absolute atomic E-state index is 13.1. The van der Waals surface area contributed by atoms with E-state index in [0.717, 1.165) is 10.5 Å². The molecule has 1 aliphatic rings. The summed E-state index contributed by atoms with van der Waals surface area (Å²) in [5.41, 5.74) is 7.35. The quantitative estimate of drug-likeness (QED) is 0.550. The third-order valence-corrected chi connectivity index (χ3v) is 4.83. The number of carbonyl (C=O) groups is 2. The van der Waals surface area contributed by atoms with Gasteiger partial charge in [-0.25, -0.2) is 9.69 Å². The number of nitrogens with zero attached hydrogens (tertiary/aromatic N) is 2. The van der Waals surface area contributed by atoms with Gasteiger partial charge in [0.2, 0.25) is 11.8 Å². The van der Waals surface area contributed by atoms with Crippen molar-refractivity contribution in [1.29, 1.82) is 0 Å². The van der Waals surface area contributed by atoms with Crippen LogP contribution in [-0.4, -0.2) is 58.8 Å². The molecule has 4 N–H and O–H groups in total. The summed E-state index contributed by atoms with van der Waals surface area (Å²) in [5, 5.41) is 22.9. The van der Waals surface area contributed by atoms with Crippen LogP contribution in [0.25, 0.3) is 0 Å². The molecule has 3 rings (SSSR count). The molecule has 32 heavy (non-hydrogen) atoms. The molecule has 0 spiro atoms. The van der Waals surface area contributed by atoms with Gasteiger partial charge in [-0.3, -0.25) is 4.79 Å². The second-order valence-electron chi connectivity index (χ2n) is 7.24. The van der Waals surface area contributed by atoms with E-state index in [4.69, 9.17) is 20.0 Å². The molecule has 170 valence electrons. The van der Waals surface area contributed by atoms with E-state index < -0.39 is 24.1 Å². The molecule has 2 aromatic carbocycles. The highest BCUT2D eigenvalue weighted by atomic mass is 16.7. The van der Waals surface area contributed by atoms with Gasteiger partial charge in [0.15, 0.2) is 17.6 Å². The first-order chi connectivity index (χ1) is 15.4. The van der Waals surface area contributed by atoms with Crippen LogP contribution in [0.3, 0.4) is 0 Å². The minimum absolute atomic E-state index is 0.0180. The lowest BCUT2D eigenvalue weighted by Crippen LogP contribution is -2.50. The van der Waals surface area contributed by atoms with Crippen molar-refractivity contribution in [2.45, 2.75) is 31.6 Å². The summed E-state index contributed by atoms with van der Waals surface area (Å²) in [6.45, 7) is -0.146. The minimum Gasteiger partial charge on any atom is -0.504 e. The molecule has 0 aromatic heterocycles. The van der Waals surface area contributed by atoms with Crippen molar-refractivity contribution in [2.24, 2.45) is 10.9 Å². The molecule has 1 unspecified atom stereocenters. The largest absolute Gasteiger partial charge is 0.504 e. The highest BCUT2D eigenvalue weighted by Crippen LogP contribution is 2.25. The van der Waals surface area contributed by atoms with Crippen LogP contribution in [0.4, 0.5) is 4.79 Å². The van der Waals surface area contributed by atoms with Gasteiger partial charge in [0.25, 0.3) is 0 Å². The second-order valence-corrected chi connectivity index (χ2v) is 7.24. The molecule has 0 radical (unpaired) electrons. The lowest BCUT2D eigenvalue weighted by Gasteiger charge is -2.25. The molecule has 10 nitrogen and oxygen atoms in total. The number of carbonyl (C=O) groups excluding carboxylic acids is 2. The van der Waals surface area contributed by atoms with Crippen molar-refractivity contribution in [3.63, 3.8) is 0 Å². The van der Waals surface area contributed by atoms with Crippen LogP contribution in [0, 0.1) is 0 Å².